The van der Waals surface area contributed by atoms with E-state index in [1.54, 1.807) is 6.92 Å². The zero-order valence-corrected chi connectivity index (χ0v) is 7.47. The summed E-state index contributed by atoms with van der Waals surface area (Å²) in [4.78, 5) is 19.8. The van der Waals surface area contributed by atoms with Crippen LogP contribution in [0.5, 0.6) is 0 Å². The normalized spacial score (nSPS) is 16.2. The van der Waals surface area contributed by atoms with Gasteiger partial charge in [0.2, 0.25) is 0 Å². The molecule has 14 heavy (non-hydrogen) atoms. The molecule has 0 aromatic heterocycles. The summed E-state index contributed by atoms with van der Waals surface area (Å²) < 4.78 is 0. The van der Waals surface area contributed by atoms with E-state index in [4.69, 9.17) is 0 Å². The molecule has 1 aliphatic rings. The van der Waals surface area contributed by atoms with E-state index in [0.29, 0.717) is 5.57 Å². The third-order valence-corrected chi connectivity index (χ3v) is 1.74. The van der Waals surface area contributed by atoms with Gasteiger partial charge in [0.1, 0.15) is 0 Å². The third-order valence-electron chi connectivity index (χ3n) is 1.74. The molecule has 0 atom stereocenters. The molecule has 0 amide bonds. The highest BCUT2D eigenvalue weighted by Gasteiger charge is 2.16. The summed E-state index contributed by atoms with van der Waals surface area (Å²) in [6.45, 7) is 1.59. The van der Waals surface area contributed by atoms with Gasteiger partial charge in [0.15, 0.2) is 0 Å². The second-order valence-corrected chi connectivity index (χ2v) is 2.87. The molecule has 0 aromatic carbocycles. The largest absolute Gasteiger partial charge is 0.266 e. The molecule has 0 aliphatic heterocycles. The van der Waals surface area contributed by atoms with Crippen molar-refractivity contribution < 1.29 is 9.85 Å². The second kappa shape index (κ2) is 3.82. The van der Waals surface area contributed by atoms with Crippen molar-refractivity contribution in [3.05, 3.63) is 55.4 Å². The zero-order chi connectivity index (χ0) is 10.7. The van der Waals surface area contributed by atoms with Gasteiger partial charge < -0.3 is 0 Å². The molecular formula is C8H8N2O4. The molecule has 0 saturated heterocycles. The molecule has 0 radical (unpaired) electrons. The van der Waals surface area contributed by atoms with E-state index in [-0.39, 0.29) is 17.8 Å². The van der Waals surface area contributed by atoms with Gasteiger partial charge in [-0.15, -0.1) is 0 Å². The zero-order valence-electron chi connectivity index (χ0n) is 7.47. The van der Waals surface area contributed by atoms with Gasteiger partial charge in [-0.25, -0.2) is 0 Å². The van der Waals surface area contributed by atoms with Gasteiger partial charge in [-0.05, 0) is 12.5 Å². The van der Waals surface area contributed by atoms with Gasteiger partial charge >= 0.3 is 0 Å². The first-order valence-electron chi connectivity index (χ1n) is 3.88. The minimum atomic E-state index is -0.555. The van der Waals surface area contributed by atoms with Gasteiger partial charge in [0, 0.05) is 18.2 Å². The first-order valence-corrected chi connectivity index (χ1v) is 3.88. The molecule has 0 spiro atoms. The van der Waals surface area contributed by atoms with Crippen LogP contribution in [0.3, 0.4) is 0 Å². The lowest BCUT2D eigenvalue weighted by Gasteiger charge is -1.90. The van der Waals surface area contributed by atoms with Crippen molar-refractivity contribution in [1.29, 1.82) is 0 Å². The summed E-state index contributed by atoms with van der Waals surface area (Å²) in [6.07, 6.45) is 3.88. The minimum Gasteiger partial charge on any atom is -0.259 e. The van der Waals surface area contributed by atoms with Gasteiger partial charge in [-0.3, -0.25) is 20.2 Å². The SMILES string of the molecule is CC1=CC([N+](=O)[O-])=CCC([N+](=O)[O-])=C1. The fourth-order valence-corrected chi connectivity index (χ4v) is 1.12. The van der Waals surface area contributed by atoms with Gasteiger partial charge in [-0.1, -0.05) is 0 Å². The summed E-state index contributed by atoms with van der Waals surface area (Å²) in [5.41, 5.74) is 0.378. The summed E-state index contributed by atoms with van der Waals surface area (Å²) in [5, 5.41) is 20.9. The highest BCUT2D eigenvalue weighted by atomic mass is 16.6. The van der Waals surface area contributed by atoms with Crippen LogP contribution in [0.1, 0.15) is 13.3 Å². The molecule has 0 saturated carbocycles. The Morgan fingerprint density at radius 1 is 1.21 bits per heavy atom. The highest BCUT2D eigenvalue weighted by Crippen LogP contribution is 2.16. The first-order chi connectivity index (χ1) is 6.50. The molecule has 6 nitrogen and oxygen atoms in total. The molecule has 0 N–H and O–H groups in total. The number of hydrogen-bond acceptors (Lipinski definition) is 4. The lowest BCUT2D eigenvalue weighted by atomic mass is 10.2. The quantitative estimate of drug-likeness (QED) is 0.496. The molecule has 0 unspecified atom stereocenters. The molecule has 0 aromatic rings. The van der Waals surface area contributed by atoms with Crippen molar-refractivity contribution in [3.8, 4) is 0 Å². The number of nitro groups is 2. The van der Waals surface area contributed by atoms with Crippen LogP contribution in [0.25, 0.3) is 0 Å². The van der Waals surface area contributed by atoms with E-state index in [9.17, 15) is 20.2 Å². The van der Waals surface area contributed by atoms with Gasteiger partial charge in [0.05, 0.1) is 16.3 Å². The maximum atomic E-state index is 10.4. The van der Waals surface area contributed by atoms with E-state index in [1.165, 1.54) is 18.2 Å². The summed E-state index contributed by atoms with van der Waals surface area (Å²) >= 11 is 0. The second-order valence-electron chi connectivity index (χ2n) is 2.87. The molecule has 1 aliphatic carbocycles. The Balaban J connectivity index is 3.03. The van der Waals surface area contributed by atoms with Gasteiger partial charge in [-0.2, -0.15) is 0 Å². The van der Waals surface area contributed by atoms with Crippen LogP contribution in [-0.4, -0.2) is 9.85 Å². The molecular weight excluding hydrogens is 188 g/mol. The smallest absolute Gasteiger partial charge is 0.259 e. The summed E-state index contributed by atoms with van der Waals surface area (Å²) in [5.74, 6) is 0. The van der Waals surface area contributed by atoms with Crippen molar-refractivity contribution in [2.24, 2.45) is 0 Å². The Kier molecular flexibility index (Phi) is 2.76. The van der Waals surface area contributed by atoms with Crippen molar-refractivity contribution >= 4 is 0 Å². The van der Waals surface area contributed by atoms with Crippen molar-refractivity contribution in [2.75, 3.05) is 0 Å². The maximum absolute atomic E-state index is 10.4. The molecule has 1 rings (SSSR count). The average Bonchev–Trinajstić information content (AvgIpc) is 2.26. The topological polar surface area (TPSA) is 86.3 Å². The van der Waals surface area contributed by atoms with Crippen molar-refractivity contribution in [2.45, 2.75) is 13.3 Å². The fourth-order valence-electron chi connectivity index (χ4n) is 1.12. The maximum Gasteiger partial charge on any atom is 0.266 e. The highest BCUT2D eigenvalue weighted by molar-refractivity contribution is 5.30. The predicted octanol–water partition coefficient (Wildman–Crippen LogP) is 1.66. The lowest BCUT2D eigenvalue weighted by molar-refractivity contribution is -0.428. The van der Waals surface area contributed by atoms with E-state index in [2.05, 4.69) is 0 Å². The van der Waals surface area contributed by atoms with Gasteiger partial charge in [0.25, 0.3) is 11.4 Å². The Morgan fingerprint density at radius 2 is 1.86 bits per heavy atom. The number of allylic oxidation sites excluding steroid dienone is 4. The average molecular weight is 196 g/mol. The summed E-state index contributed by atoms with van der Waals surface area (Å²) in [7, 11) is 0. The minimum absolute atomic E-state index is 0.0167. The van der Waals surface area contributed by atoms with E-state index in [0.717, 1.165) is 0 Å². The van der Waals surface area contributed by atoms with Crippen LogP contribution < -0.4 is 0 Å². The lowest BCUT2D eigenvalue weighted by Crippen LogP contribution is -1.98. The summed E-state index contributed by atoms with van der Waals surface area (Å²) in [6, 6.07) is 0. The molecule has 0 bridgehead atoms. The Bertz CT molecular complexity index is 379. The van der Waals surface area contributed by atoms with Crippen molar-refractivity contribution in [3.63, 3.8) is 0 Å². The molecule has 0 fully saturated rings. The standard InChI is InChI=1S/C8H8N2O4/c1-6-4-7(9(11)12)2-3-8(5-6)10(13)14/h2,4-5H,3H2,1H3. The Morgan fingerprint density at radius 3 is 2.36 bits per heavy atom. The van der Waals surface area contributed by atoms with Crippen LogP contribution in [-0.2, 0) is 0 Å². The Labute approximate surface area is 79.5 Å². The molecule has 74 valence electrons. The number of nitrogens with zero attached hydrogens (tertiary/aromatic N) is 2. The predicted molar refractivity (Wildman–Crippen MR) is 48.5 cm³/mol. The van der Waals surface area contributed by atoms with Crippen LogP contribution in [0.4, 0.5) is 0 Å². The fraction of sp³-hybridized carbons (Fsp3) is 0.250. The van der Waals surface area contributed by atoms with Crippen molar-refractivity contribution in [1.82, 2.24) is 0 Å². The van der Waals surface area contributed by atoms with E-state index >= 15 is 0 Å². The first kappa shape index (κ1) is 10.1. The third kappa shape index (κ3) is 2.25. The number of hydrogen-bond donors (Lipinski definition) is 0. The van der Waals surface area contributed by atoms with Crippen LogP contribution >= 0.6 is 0 Å². The molecule has 6 heteroatoms. The van der Waals surface area contributed by atoms with Crippen LogP contribution in [0, 0.1) is 20.2 Å². The van der Waals surface area contributed by atoms with Crippen LogP contribution in [0.2, 0.25) is 0 Å². The van der Waals surface area contributed by atoms with Crippen LogP contribution in [0.15, 0.2) is 35.2 Å². The number of rotatable bonds is 2. The van der Waals surface area contributed by atoms with E-state index in [1.807, 2.05) is 0 Å². The molecule has 0 heterocycles. The van der Waals surface area contributed by atoms with E-state index < -0.39 is 9.85 Å². The Hall–Kier alpha value is -1.98. The monoisotopic (exact) mass is 196 g/mol.